The van der Waals surface area contributed by atoms with Gasteiger partial charge >= 0.3 is 5.97 Å². The van der Waals surface area contributed by atoms with Crippen molar-refractivity contribution in [1.82, 2.24) is 0 Å². The molecule has 14 heavy (non-hydrogen) atoms. The van der Waals surface area contributed by atoms with Crippen molar-refractivity contribution in [3.05, 3.63) is 0 Å². The van der Waals surface area contributed by atoms with Gasteiger partial charge in [-0.05, 0) is 25.2 Å². The van der Waals surface area contributed by atoms with Crippen molar-refractivity contribution in [2.75, 3.05) is 0 Å². The first-order valence-corrected chi connectivity index (χ1v) is 5.51. The minimum absolute atomic E-state index is 0.166. The summed E-state index contributed by atoms with van der Waals surface area (Å²) in [7, 11) is 0. The molecule has 1 fully saturated rings. The van der Waals surface area contributed by atoms with Gasteiger partial charge in [0.15, 0.2) is 6.10 Å². The third-order valence-electron chi connectivity index (χ3n) is 2.89. The molecule has 1 saturated carbocycles. The lowest BCUT2D eigenvalue weighted by atomic mass is 9.88. The minimum atomic E-state index is -0.828. The molecular formula is C11H20O3. The lowest BCUT2D eigenvalue weighted by Crippen LogP contribution is -2.31. The van der Waals surface area contributed by atoms with Gasteiger partial charge in [0.2, 0.25) is 0 Å². The monoisotopic (exact) mass is 200 g/mol. The van der Waals surface area contributed by atoms with Crippen molar-refractivity contribution in [2.24, 2.45) is 5.92 Å². The number of rotatable bonds is 4. The maximum absolute atomic E-state index is 10.8. The average Bonchev–Trinajstić information content (AvgIpc) is 2.14. The molecule has 0 aromatic carbocycles. The maximum Gasteiger partial charge on any atom is 0.332 e. The van der Waals surface area contributed by atoms with Crippen LogP contribution in [0.5, 0.6) is 0 Å². The van der Waals surface area contributed by atoms with Gasteiger partial charge in [-0.15, -0.1) is 0 Å². The summed E-state index contributed by atoms with van der Waals surface area (Å²) in [6.45, 7) is 4.06. The van der Waals surface area contributed by atoms with E-state index in [0.29, 0.717) is 12.3 Å². The highest BCUT2D eigenvalue weighted by molar-refractivity contribution is 5.72. The molecule has 0 unspecified atom stereocenters. The Balaban J connectivity index is 2.37. The van der Waals surface area contributed by atoms with Crippen molar-refractivity contribution in [2.45, 2.75) is 58.2 Å². The first kappa shape index (κ1) is 11.5. The molecule has 0 aromatic heterocycles. The van der Waals surface area contributed by atoms with Gasteiger partial charge in [-0.2, -0.15) is 0 Å². The molecule has 0 amide bonds. The van der Waals surface area contributed by atoms with Crippen LogP contribution in [-0.4, -0.2) is 23.3 Å². The molecule has 1 aliphatic carbocycles. The zero-order valence-corrected chi connectivity index (χ0v) is 9.03. The Kier molecular flexibility index (Phi) is 4.39. The molecule has 1 N–H and O–H groups in total. The summed E-state index contributed by atoms with van der Waals surface area (Å²) in [5.41, 5.74) is 0. The summed E-state index contributed by atoms with van der Waals surface area (Å²) in [4.78, 5) is 10.8. The molecule has 0 radical (unpaired) electrons. The second-order valence-electron chi connectivity index (χ2n) is 4.26. The maximum atomic E-state index is 10.8. The number of ether oxygens (including phenoxy) is 1. The van der Waals surface area contributed by atoms with Crippen LogP contribution in [0.1, 0.15) is 46.0 Å². The van der Waals surface area contributed by atoms with Gasteiger partial charge in [0.1, 0.15) is 0 Å². The molecule has 1 rings (SSSR count). The van der Waals surface area contributed by atoms with Gasteiger partial charge in [0, 0.05) is 0 Å². The lowest BCUT2D eigenvalue weighted by molar-refractivity contribution is -0.156. The largest absolute Gasteiger partial charge is 0.479 e. The van der Waals surface area contributed by atoms with Crippen molar-refractivity contribution >= 4 is 5.97 Å². The number of carbonyl (C=O) groups is 1. The van der Waals surface area contributed by atoms with Crippen LogP contribution in [0.25, 0.3) is 0 Å². The average molecular weight is 200 g/mol. The van der Waals surface area contributed by atoms with Crippen molar-refractivity contribution in [3.63, 3.8) is 0 Å². The zero-order chi connectivity index (χ0) is 10.6. The van der Waals surface area contributed by atoms with Crippen LogP contribution >= 0.6 is 0 Å². The highest BCUT2D eigenvalue weighted by Crippen LogP contribution is 2.26. The predicted molar refractivity (Wildman–Crippen MR) is 54.2 cm³/mol. The van der Waals surface area contributed by atoms with E-state index in [-0.39, 0.29) is 6.10 Å². The fourth-order valence-corrected chi connectivity index (χ4v) is 2.06. The van der Waals surface area contributed by atoms with E-state index < -0.39 is 12.1 Å². The molecule has 0 spiro atoms. The predicted octanol–water partition coefficient (Wildman–Crippen LogP) is 2.44. The molecule has 1 aliphatic rings. The van der Waals surface area contributed by atoms with Gasteiger partial charge in [-0.25, -0.2) is 4.79 Å². The number of hydrogen-bond acceptors (Lipinski definition) is 2. The number of hydrogen-bond donors (Lipinski definition) is 1. The van der Waals surface area contributed by atoms with E-state index in [4.69, 9.17) is 9.84 Å². The number of carboxylic acids is 1. The second kappa shape index (κ2) is 5.35. The standard InChI is InChI=1S/C11H20O3/c1-3-10(11(12)13)14-9-6-4-5-8(2)7-9/h8-10H,3-7H2,1-2H3,(H,12,13)/t8-,9-,10-/m1/s1. The Bertz CT molecular complexity index is 191. The molecule has 0 saturated heterocycles. The van der Waals surface area contributed by atoms with Crippen LogP contribution in [0.15, 0.2) is 0 Å². The highest BCUT2D eigenvalue weighted by Gasteiger charge is 2.25. The zero-order valence-electron chi connectivity index (χ0n) is 9.03. The van der Waals surface area contributed by atoms with Crippen LogP contribution in [0, 0.1) is 5.92 Å². The van der Waals surface area contributed by atoms with Crippen LogP contribution in [-0.2, 0) is 9.53 Å². The fourth-order valence-electron chi connectivity index (χ4n) is 2.06. The Hall–Kier alpha value is -0.570. The minimum Gasteiger partial charge on any atom is -0.479 e. The smallest absolute Gasteiger partial charge is 0.332 e. The van der Waals surface area contributed by atoms with Gasteiger partial charge in [0.25, 0.3) is 0 Å². The second-order valence-corrected chi connectivity index (χ2v) is 4.26. The fraction of sp³-hybridized carbons (Fsp3) is 0.909. The molecule has 3 nitrogen and oxygen atoms in total. The van der Waals surface area contributed by atoms with E-state index in [1.54, 1.807) is 0 Å². The Morgan fingerprint density at radius 1 is 1.57 bits per heavy atom. The summed E-state index contributed by atoms with van der Waals surface area (Å²) < 4.78 is 5.57. The summed E-state index contributed by atoms with van der Waals surface area (Å²) in [5, 5.41) is 8.84. The summed E-state index contributed by atoms with van der Waals surface area (Å²) in [6, 6.07) is 0. The summed E-state index contributed by atoms with van der Waals surface area (Å²) >= 11 is 0. The molecule has 0 heterocycles. The quantitative estimate of drug-likeness (QED) is 0.758. The SMILES string of the molecule is CC[C@@H](O[C@@H]1CCC[C@@H](C)C1)C(=O)O. The van der Waals surface area contributed by atoms with Crippen LogP contribution < -0.4 is 0 Å². The molecule has 0 bridgehead atoms. The number of carboxylic acid groups (broad SMARTS) is 1. The van der Waals surface area contributed by atoms with Crippen LogP contribution in [0.4, 0.5) is 0 Å². The van der Waals surface area contributed by atoms with Crippen molar-refractivity contribution in [1.29, 1.82) is 0 Å². The van der Waals surface area contributed by atoms with E-state index in [2.05, 4.69) is 6.92 Å². The van der Waals surface area contributed by atoms with Crippen molar-refractivity contribution in [3.8, 4) is 0 Å². The van der Waals surface area contributed by atoms with Gasteiger partial charge in [0.05, 0.1) is 6.10 Å². The first-order valence-electron chi connectivity index (χ1n) is 5.51. The molecule has 3 heteroatoms. The molecule has 0 aliphatic heterocycles. The van der Waals surface area contributed by atoms with E-state index in [1.807, 2.05) is 6.92 Å². The topological polar surface area (TPSA) is 46.5 Å². The van der Waals surface area contributed by atoms with E-state index >= 15 is 0 Å². The molecule has 0 aromatic rings. The molecule has 82 valence electrons. The number of aliphatic carboxylic acids is 1. The first-order chi connectivity index (χ1) is 6.63. The van der Waals surface area contributed by atoms with Crippen molar-refractivity contribution < 1.29 is 14.6 Å². The summed E-state index contributed by atoms with van der Waals surface area (Å²) in [5.74, 6) is -0.147. The van der Waals surface area contributed by atoms with Gasteiger partial charge in [-0.1, -0.05) is 26.7 Å². The molecule has 3 atom stereocenters. The van der Waals surface area contributed by atoms with Gasteiger partial charge < -0.3 is 9.84 Å². The highest BCUT2D eigenvalue weighted by atomic mass is 16.5. The third kappa shape index (κ3) is 3.29. The summed E-state index contributed by atoms with van der Waals surface area (Å²) in [6.07, 6.45) is 4.58. The van der Waals surface area contributed by atoms with Gasteiger partial charge in [-0.3, -0.25) is 0 Å². The normalized spacial score (nSPS) is 29.9. The van der Waals surface area contributed by atoms with E-state index in [0.717, 1.165) is 12.8 Å². The van der Waals surface area contributed by atoms with E-state index in [9.17, 15) is 4.79 Å². The lowest BCUT2D eigenvalue weighted by Gasteiger charge is -2.28. The Morgan fingerprint density at radius 2 is 2.29 bits per heavy atom. The van der Waals surface area contributed by atoms with Crippen LogP contribution in [0.2, 0.25) is 0 Å². The third-order valence-corrected chi connectivity index (χ3v) is 2.89. The van der Waals surface area contributed by atoms with E-state index in [1.165, 1.54) is 12.8 Å². The Morgan fingerprint density at radius 3 is 2.79 bits per heavy atom. The molecular weight excluding hydrogens is 180 g/mol. The van der Waals surface area contributed by atoms with Crippen LogP contribution in [0.3, 0.4) is 0 Å². The Labute approximate surface area is 85.5 Å².